The van der Waals surface area contributed by atoms with Crippen LogP contribution in [0.4, 0.5) is 30.7 Å². The fourth-order valence-electron chi connectivity index (χ4n) is 3.83. The summed E-state index contributed by atoms with van der Waals surface area (Å²) in [4.78, 5) is 1.88. The van der Waals surface area contributed by atoms with Crippen LogP contribution in [0, 0.1) is 17.8 Å². The fraction of sp³-hybridized carbons (Fsp3) is 0.417. The predicted molar refractivity (Wildman–Crippen MR) is 111 cm³/mol. The van der Waals surface area contributed by atoms with Gasteiger partial charge in [-0.05, 0) is 48.4 Å². The minimum Gasteiger partial charge on any atom is -0.462 e. The van der Waals surface area contributed by atoms with E-state index in [0.29, 0.717) is 30.8 Å². The van der Waals surface area contributed by atoms with Gasteiger partial charge in [0.25, 0.3) is 0 Å². The highest BCUT2D eigenvalue weighted by Crippen LogP contribution is 2.39. The van der Waals surface area contributed by atoms with Gasteiger partial charge in [-0.15, -0.1) is 0 Å². The Balaban J connectivity index is 1.93. The van der Waals surface area contributed by atoms with Crippen LogP contribution >= 0.6 is 0 Å². The van der Waals surface area contributed by atoms with Gasteiger partial charge in [-0.2, -0.15) is 26.3 Å². The van der Waals surface area contributed by atoms with E-state index >= 15 is 0 Å². The van der Waals surface area contributed by atoms with Crippen LogP contribution in [0.3, 0.4) is 0 Å². The summed E-state index contributed by atoms with van der Waals surface area (Å²) in [5, 5.41) is 8.73. The van der Waals surface area contributed by atoms with Gasteiger partial charge in [0.1, 0.15) is 11.9 Å². The first-order valence-corrected chi connectivity index (χ1v) is 10.6. The van der Waals surface area contributed by atoms with Crippen LogP contribution in [0.1, 0.15) is 47.7 Å². The maximum Gasteiger partial charge on any atom is 0.416 e. The van der Waals surface area contributed by atoms with Gasteiger partial charge in [-0.3, -0.25) is 4.90 Å². The first-order chi connectivity index (χ1) is 16.4. The number of aliphatic hydroxyl groups excluding tert-OH is 1. The Morgan fingerprint density at radius 2 is 1.66 bits per heavy atom. The Kier molecular flexibility index (Phi) is 8.30. The number of hydrogen-bond donors (Lipinski definition) is 1. The lowest BCUT2D eigenvalue weighted by Crippen LogP contribution is -2.47. The molecular weight excluding hydrogens is 483 g/mol. The first kappa shape index (κ1) is 26.8. The molecule has 1 aliphatic rings. The molecule has 3 atom stereocenters. The summed E-state index contributed by atoms with van der Waals surface area (Å²) in [5.41, 5.74) is -2.64. The Morgan fingerprint density at radius 1 is 1.06 bits per heavy atom. The summed E-state index contributed by atoms with van der Waals surface area (Å²) in [6.07, 6.45) is -10.2. The summed E-state index contributed by atoms with van der Waals surface area (Å²) < 4.78 is 105. The molecule has 0 spiro atoms. The molecule has 4 nitrogen and oxygen atoms in total. The van der Waals surface area contributed by atoms with Crippen LogP contribution in [0.25, 0.3) is 0 Å². The summed E-state index contributed by atoms with van der Waals surface area (Å²) in [7, 11) is 0. The van der Waals surface area contributed by atoms with Crippen LogP contribution < -0.4 is 0 Å². The Bertz CT molecular complexity index is 1030. The van der Waals surface area contributed by atoms with Crippen molar-refractivity contribution >= 4 is 0 Å². The number of halogens is 7. The second-order valence-corrected chi connectivity index (χ2v) is 7.93. The van der Waals surface area contributed by atoms with Crippen molar-refractivity contribution < 1.29 is 45.3 Å². The number of nitrogens with zero attached hydrogens (tertiary/aromatic N) is 1. The zero-order chi connectivity index (χ0) is 25.8. The van der Waals surface area contributed by atoms with Crippen molar-refractivity contribution in [3.63, 3.8) is 0 Å². The average Bonchev–Trinajstić information content (AvgIpc) is 2.79. The van der Waals surface area contributed by atoms with E-state index in [4.69, 9.17) is 14.6 Å². The third-order valence-electron chi connectivity index (χ3n) is 5.54. The van der Waals surface area contributed by atoms with E-state index in [9.17, 15) is 30.7 Å². The number of hydrogen-bond acceptors (Lipinski definition) is 4. The molecule has 35 heavy (non-hydrogen) atoms. The topological polar surface area (TPSA) is 41.9 Å². The number of morpholine rings is 1. The highest BCUT2D eigenvalue weighted by molar-refractivity contribution is 5.34. The molecule has 1 N–H and O–H groups in total. The number of benzene rings is 2. The molecule has 0 aromatic heterocycles. The summed E-state index contributed by atoms with van der Waals surface area (Å²) in [6.45, 7) is 2.26. The van der Waals surface area contributed by atoms with E-state index in [1.807, 2.05) is 4.90 Å². The molecule has 3 rings (SSSR count). The molecular formula is C24H22F7NO3. The van der Waals surface area contributed by atoms with Gasteiger partial charge in [0, 0.05) is 19.5 Å². The van der Waals surface area contributed by atoms with E-state index < -0.39 is 47.7 Å². The van der Waals surface area contributed by atoms with Crippen molar-refractivity contribution in [3.8, 4) is 12.0 Å². The van der Waals surface area contributed by atoms with E-state index in [2.05, 4.69) is 5.92 Å². The molecule has 0 amide bonds. The van der Waals surface area contributed by atoms with Crippen LogP contribution in [-0.4, -0.2) is 36.0 Å². The molecule has 2 aromatic rings. The van der Waals surface area contributed by atoms with Crippen LogP contribution in [0.15, 0.2) is 42.5 Å². The summed E-state index contributed by atoms with van der Waals surface area (Å²) in [5.74, 6) is 2.02. The van der Waals surface area contributed by atoms with Crippen LogP contribution in [0.2, 0.25) is 0 Å². The van der Waals surface area contributed by atoms with Crippen molar-refractivity contribution in [3.05, 3.63) is 70.5 Å². The zero-order valence-electron chi connectivity index (χ0n) is 18.5. The maximum atomic E-state index is 13.5. The Labute approximate surface area is 197 Å². The Hall–Kier alpha value is -2.81. The largest absolute Gasteiger partial charge is 0.462 e. The van der Waals surface area contributed by atoms with E-state index in [1.165, 1.54) is 31.2 Å². The normalized spacial score (nSPS) is 20.2. The highest BCUT2D eigenvalue weighted by Gasteiger charge is 2.39. The van der Waals surface area contributed by atoms with Gasteiger partial charge < -0.3 is 14.6 Å². The average molecular weight is 505 g/mol. The minimum atomic E-state index is -4.99. The van der Waals surface area contributed by atoms with E-state index in [1.54, 1.807) is 6.11 Å². The minimum absolute atomic E-state index is 0.0541. The van der Waals surface area contributed by atoms with Crippen molar-refractivity contribution in [2.45, 2.75) is 44.1 Å². The monoisotopic (exact) mass is 505 g/mol. The van der Waals surface area contributed by atoms with Gasteiger partial charge in [0.05, 0.1) is 29.9 Å². The Morgan fingerprint density at radius 3 is 2.20 bits per heavy atom. The van der Waals surface area contributed by atoms with Crippen molar-refractivity contribution in [2.24, 2.45) is 0 Å². The number of ether oxygens (including phenoxy) is 2. The molecule has 11 heteroatoms. The quantitative estimate of drug-likeness (QED) is 0.383. The lowest BCUT2D eigenvalue weighted by molar-refractivity contribution is -0.229. The molecule has 0 aliphatic carbocycles. The smallest absolute Gasteiger partial charge is 0.416 e. The molecule has 0 saturated carbocycles. The molecule has 1 saturated heterocycles. The van der Waals surface area contributed by atoms with Gasteiger partial charge in [-0.1, -0.05) is 18.1 Å². The highest BCUT2D eigenvalue weighted by atomic mass is 19.4. The molecule has 1 fully saturated rings. The molecule has 0 bridgehead atoms. The molecule has 0 unspecified atom stereocenters. The van der Waals surface area contributed by atoms with Gasteiger partial charge in [-0.25, -0.2) is 4.39 Å². The summed E-state index contributed by atoms with van der Waals surface area (Å²) >= 11 is 0. The number of rotatable bonds is 6. The lowest BCUT2D eigenvalue weighted by atomic mass is 10.0. The molecule has 190 valence electrons. The molecule has 1 heterocycles. The maximum absolute atomic E-state index is 13.5. The molecule has 2 aromatic carbocycles. The van der Waals surface area contributed by atoms with Crippen molar-refractivity contribution in [1.29, 1.82) is 0 Å². The predicted octanol–water partition coefficient (Wildman–Crippen LogP) is 6.06. The second-order valence-electron chi connectivity index (χ2n) is 7.93. The number of alkyl halides is 6. The second kappa shape index (κ2) is 10.8. The van der Waals surface area contributed by atoms with E-state index in [0.717, 1.165) is 0 Å². The summed E-state index contributed by atoms with van der Waals surface area (Å²) in [6, 6.07) is 6.06. The van der Waals surface area contributed by atoms with Gasteiger partial charge >= 0.3 is 12.4 Å². The molecule has 1 aliphatic heterocycles. The van der Waals surface area contributed by atoms with Crippen molar-refractivity contribution in [1.82, 2.24) is 4.90 Å². The standard InChI is InChI=1S/C24H22F7NO3/c1-15(17-12-18(23(26,27)28)14-19(13-17)24(29,30)31)35-22-21(16-4-6-20(25)7-5-16)32(9-11-34-22)8-2-3-10-33/h4-7,12-15,21-22,33H,2,8-9,11H2,1H3/t15-,21-,22+/m0/s1. The van der Waals surface area contributed by atoms with Crippen molar-refractivity contribution in [2.75, 3.05) is 19.7 Å². The SMILES string of the molecule is C[C@H](O[C@H]1OCCN(CCC#CO)[C@H]1c1ccc(F)cc1)c1cc(C(F)(F)F)cc(C(F)(F)F)c1. The fourth-order valence-corrected chi connectivity index (χ4v) is 3.83. The van der Waals surface area contributed by atoms with Gasteiger partial charge in [0.15, 0.2) is 6.29 Å². The third-order valence-corrected chi connectivity index (χ3v) is 5.54. The van der Waals surface area contributed by atoms with Gasteiger partial charge in [0.2, 0.25) is 0 Å². The number of aliphatic hydroxyl groups is 1. The van der Waals surface area contributed by atoms with Crippen LogP contribution in [-0.2, 0) is 21.8 Å². The zero-order valence-corrected chi connectivity index (χ0v) is 18.5. The van der Waals surface area contributed by atoms with Crippen LogP contribution in [0.5, 0.6) is 0 Å². The third kappa shape index (κ3) is 6.87. The first-order valence-electron chi connectivity index (χ1n) is 10.6. The lowest BCUT2D eigenvalue weighted by Gasteiger charge is -2.42. The molecule has 0 radical (unpaired) electrons. The van der Waals surface area contributed by atoms with E-state index in [-0.39, 0.29) is 24.7 Å².